The van der Waals surface area contributed by atoms with E-state index in [0.717, 1.165) is 0 Å². The topological polar surface area (TPSA) is 106 Å². The third-order valence-corrected chi connectivity index (χ3v) is 4.12. The molecule has 3 unspecified atom stereocenters. The summed E-state index contributed by atoms with van der Waals surface area (Å²) in [4.78, 5) is 62.7. The fourth-order valence-electron chi connectivity index (χ4n) is 2.01. The summed E-state index contributed by atoms with van der Waals surface area (Å²) in [6, 6.07) is 0. The number of likely N-dealkylation sites (tertiary alicyclic amines) is 1. The van der Waals surface area contributed by atoms with Crippen molar-refractivity contribution < 1.29 is 94.2 Å². The largest absolute Gasteiger partial charge is 0.542 e. The molecule has 3 atom stereocenters. The van der Waals surface area contributed by atoms with Crippen molar-refractivity contribution in [2.75, 3.05) is 7.05 Å². The Morgan fingerprint density at radius 2 is 1.44 bits per heavy atom. The van der Waals surface area contributed by atoms with E-state index in [1.165, 1.54) is 38.6 Å². The first-order valence-electron chi connectivity index (χ1n) is 10.6. The van der Waals surface area contributed by atoms with Crippen LogP contribution in [0.4, 0.5) is 0 Å². The van der Waals surface area contributed by atoms with Crippen molar-refractivity contribution in [2.24, 2.45) is 17.8 Å². The summed E-state index contributed by atoms with van der Waals surface area (Å²) in [5.74, 6) is -0.496. The average molecular weight is 662 g/mol. The van der Waals surface area contributed by atoms with Crippen LogP contribution in [0.5, 0.6) is 0 Å². The van der Waals surface area contributed by atoms with Crippen LogP contribution in [0.15, 0.2) is 12.2 Å². The minimum Gasteiger partial charge on any atom is -0.542 e. The number of nitrogens with zero attached hydrogens (tertiary/aromatic N) is 1. The summed E-state index contributed by atoms with van der Waals surface area (Å²) in [6.07, 6.45) is 11.1. The van der Waals surface area contributed by atoms with Gasteiger partial charge in [-0.25, -0.2) is 0 Å². The van der Waals surface area contributed by atoms with Crippen LogP contribution >= 0.6 is 0 Å². The molecule has 0 aromatic heterocycles. The molecular weight excluding hydrogens is 612 g/mol. The molecule has 1 rings (SSSR count). The molecule has 9 heteroatoms. The van der Waals surface area contributed by atoms with Crippen LogP contribution in [0, 0.1) is 32.6 Å². The summed E-state index contributed by atoms with van der Waals surface area (Å²) in [5.41, 5.74) is 0. The monoisotopic (exact) mass is 661 g/mol. The molecule has 0 bridgehead atoms. The zero-order valence-corrected chi connectivity index (χ0v) is 29.2. The Labute approximate surface area is 272 Å². The van der Waals surface area contributed by atoms with Gasteiger partial charge in [0.25, 0.3) is 0 Å². The van der Waals surface area contributed by atoms with Crippen molar-refractivity contribution in [1.29, 1.82) is 0 Å². The first-order valence-corrected chi connectivity index (χ1v) is 10.6. The predicted molar refractivity (Wildman–Crippen MR) is 141 cm³/mol. The van der Waals surface area contributed by atoms with Crippen molar-refractivity contribution in [3.05, 3.63) is 27.0 Å². The maximum absolute atomic E-state index is 10.8. The van der Waals surface area contributed by atoms with E-state index in [-0.39, 0.29) is 135 Å². The number of amides is 2. The number of Topliss-reactive ketones (excluding diaryl/α,β-unsaturated/α-hetero) is 2. The molecule has 7 nitrogen and oxygen atoms in total. The standard InChI is InChI=1S/C6H9NO2.2C6H9O2.C6H12.CH4.2CH3.2Y/c1-4-3-5(8)7(2)6(4)9;1-5(4-7)3-6(2)8;1-5(3-4-7)6(2)8;1-3-5-6-4-2;;;;;/h4H,3H2,1-2H3;2*5H,3H2,1-2H3;5-6H,3-4H2,1-2H3;1H4;2*1H3;;/q;2*-1;;;2*-1;;. The van der Waals surface area contributed by atoms with Crippen LogP contribution in [-0.4, -0.2) is 47.9 Å². The van der Waals surface area contributed by atoms with E-state index < -0.39 is 0 Å². The molecule has 0 aromatic rings. The number of hydrogen-bond acceptors (Lipinski definition) is 6. The van der Waals surface area contributed by atoms with E-state index in [1.54, 1.807) is 33.3 Å². The van der Waals surface area contributed by atoms with Gasteiger partial charge in [0.2, 0.25) is 11.8 Å². The van der Waals surface area contributed by atoms with E-state index in [9.17, 15) is 28.8 Å². The van der Waals surface area contributed by atoms with Crippen molar-refractivity contribution in [3.63, 3.8) is 0 Å². The summed E-state index contributed by atoms with van der Waals surface area (Å²) >= 11 is 0. The quantitative estimate of drug-likeness (QED) is 0.198. The van der Waals surface area contributed by atoms with E-state index in [2.05, 4.69) is 26.0 Å². The summed E-state index contributed by atoms with van der Waals surface area (Å²) < 4.78 is 0. The molecule has 1 heterocycles. The zero-order valence-electron chi connectivity index (χ0n) is 23.5. The zero-order chi connectivity index (χ0) is 25.0. The Morgan fingerprint density at radius 3 is 1.56 bits per heavy atom. The predicted octanol–water partition coefficient (Wildman–Crippen LogP) is 5.33. The third kappa shape index (κ3) is 35.9. The van der Waals surface area contributed by atoms with Crippen LogP contribution in [0.3, 0.4) is 0 Å². The molecule has 1 aliphatic rings. The van der Waals surface area contributed by atoms with Crippen molar-refractivity contribution in [2.45, 2.75) is 88.0 Å². The molecule has 0 N–H and O–H groups in total. The van der Waals surface area contributed by atoms with Gasteiger partial charge in [-0.3, -0.25) is 31.9 Å². The number of carbonyl (C=O) groups is 4. The molecule has 1 saturated heterocycles. The Kier molecular flexibility index (Phi) is 57.5. The molecule has 208 valence electrons. The van der Waals surface area contributed by atoms with E-state index in [0.29, 0.717) is 12.8 Å². The molecule has 0 saturated carbocycles. The number of rotatable bonds is 8. The number of ketones is 2. The van der Waals surface area contributed by atoms with Crippen LogP contribution in [0.25, 0.3) is 0 Å². The van der Waals surface area contributed by atoms with Crippen molar-refractivity contribution >= 4 is 36.0 Å². The smallest absolute Gasteiger partial charge is 0.232 e. The Balaban J connectivity index is -0.0000000467. The molecule has 0 aliphatic carbocycles. The van der Waals surface area contributed by atoms with E-state index in [1.807, 2.05) is 0 Å². The van der Waals surface area contributed by atoms with Gasteiger partial charge in [-0.2, -0.15) is 0 Å². The molecule has 2 radical (unpaired) electrons. The second kappa shape index (κ2) is 36.9. The van der Waals surface area contributed by atoms with Gasteiger partial charge >= 0.3 is 0 Å². The van der Waals surface area contributed by atoms with Gasteiger partial charge in [0.1, 0.15) is 11.6 Å². The Hall–Kier alpha value is -0.232. The third-order valence-electron chi connectivity index (χ3n) is 4.12. The maximum atomic E-state index is 10.8. The fraction of sp³-hybridized carbons (Fsp3) is 0.630. The van der Waals surface area contributed by atoms with Gasteiger partial charge < -0.3 is 29.2 Å². The summed E-state index contributed by atoms with van der Waals surface area (Å²) in [5, 5.41) is 0. The number of imide groups is 1. The molecule has 0 spiro atoms. The number of carbonyl (C=O) groups excluding carboxylic acids is 6. The SMILES string of the molecule is C.CC(=O)C(C)C[C-]=O.CC(=O)CC(C)[C-]=O.CC1CC(=O)N(C)C1=O.CCC=CCC.[CH3-].[CH3-].[Y].[Y]. The average Bonchev–Trinajstić information content (AvgIpc) is 2.92. The molecular formula is C27H49NO6Y2-4. The first-order chi connectivity index (χ1) is 14.4. The van der Waals surface area contributed by atoms with Gasteiger partial charge in [0, 0.05) is 84.8 Å². The molecule has 1 aliphatic heterocycles. The Morgan fingerprint density at radius 1 is 1.03 bits per heavy atom. The molecule has 2 amide bonds. The van der Waals surface area contributed by atoms with Gasteiger partial charge in [-0.05, 0) is 39.0 Å². The first kappa shape index (κ1) is 56.1. The van der Waals surface area contributed by atoms with Gasteiger partial charge in [-0.1, -0.05) is 54.2 Å². The number of allylic oxidation sites excluding steroid dienone is 2. The molecule has 36 heavy (non-hydrogen) atoms. The minimum absolute atomic E-state index is 0. The van der Waals surface area contributed by atoms with Crippen molar-refractivity contribution in [1.82, 2.24) is 4.90 Å². The minimum atomic E-state index is -0.229. The van der Waals surface area contributed by atoms with Gasteiger partial charge in [0.05, 0.1) is 0 Å². The second-order valence-electron chi connectivity index (χ2n) is 7.47. The van der Waals surface area contributed by atoms with Crippen molar-refractivity contribution in [3.8, 4) is 0 Å². The van der Waals surface area contributed by atoms with Crippen LogP contribution < -0.4 is 0 Å². The van der Waals surface area contributed by atoms with E-state index >= 15 is 0 Å². The Bertz CT molecular complexity index is 603. The van der Waals surface area contributed by atoms with Crippen LogP contribution in [0.2, 0.25) is 0 Å². The molecule has 1 fully saturated rings. The number of hydrogen-bond donors (Lipinski definition) is 0. The van der Waals surface area contributed by atoms with Crippen LogP contribution in [0.1, 0.15) is 88.0 Å². The summed E-state index contributed by atoms with van der Waals surface area (Å²) in [6.45, 7) is 12.4. The molecule has 0 aromatic carbocycles. The maximum Gasteiger partial charge on any atom is 0.232 e. The van der Waals surface area contributed by atoms with E-state index in [4.69, 9.17) is 0 Å². The summed E-state index contributed by atoms with van der Waals surface area (Å²) in [7, 11) is 1.52. The normalized spacial score (nSPS) is 14.3. The fourth-order valence-corrected chi connectivity index (χ4v) is 2.01. The van der Waals surface area contributed by atoms with Gasteiger partial charge in [0.15, 0.2) is 0 Å². The van der Waals surface area contributed by atoms with Gasteiger partial charge in [-0.15, -0.1) is 12.3 Å². The second-order valence-corrected chi connectivity index (χ2v) is 7.47. The van der Waals surface area contributed by atoms with Crippen LogP contribution in [-0.2, 0) is 94.2 Å².